The van der Waals surface area contributed by atoms with E-state index in [0.29, 0.717) is 13.0 Å². The van der Waals surface area contributed by atoms with Crippen molar-refractivity contribution in [2.45, 2.75) is 24.7 Å². The minimum atomic E-state index is -3.59. The molecule has 0 aliphatic carbocycles. The lowest BCUT2D eigenvalue weighted by atomic mass is 9.98. The lowest BCUT2D eigenvalue weighted by molar-refractivity contribution is -0.136. The van der Waals surface area contributed by atoms with Gasteiger partial charge in [-0.25, -0.2) is 13.1 Å². The molecule has 2 rings (SSSR count). The number of nitrogens with one attached hydrogen (secondary N) is 3. The van der Waals surface area contributed by atoms with E-state index in [1.165, 1.54) is 12.1 Å². The van der Waals surface area contributed by atoms with Crippen molar-refractivity contribution in [1.82, 2.24) is 15.4 Å². The number of piperidine rings is 1. The van der Waals surface area contributed by atoms with Crippen LogP contribution < -0.4 is 15.4 Å². The summed E-state index contributed by atoms with van der Waals surface area (Å²) in [5, 5.41) is 5.23. The van der Waals surface area contributed by atoms with Crippen LogP contribution in [0.5, 0.6) is 0 Å². The third kappa shape index (κ3) is 4.77. The number of benzene rings is 1. The van der Waals surface area contributed by atoms with Gasteiger partial charge in [-0.15, -0.1) is 0 Å². The Hall–Kier alpha value is -1.93. The molecule has 23 heavy (non-hydrogen) atoms. The van der Waals surface area contributed by atoms with Crippen LogP contribution in [0, 0.1) is 12.8 Å². The molecule has 0 radical (unpaired) electrons. The van der Waals surface area contributed by atoms with Crippen LogP contribution in [0.25, 0.3) is 0 Å². The van der Waals surface area contributed by atoms with Crippen molar-refractivity contribution in [1.29, 1.82) is 0 Å². The molecule has 1 aromatic rings. The summed E-state index contributed by atoms with van der Waals surface area (Å²) in [6.07, 6.45) is 1.29. The summed E-state index contributed by atoms with van der Waals surface area (Å²) >= 11 is 0. The molecule has 7 nitrogen and oxygen atoms in total. The molecular formula is C15H21N3O4S. The van der Waals surface area contributed by atoms with Gasteiger partial charge >= 0.3 is 0 Å². The second-order valence-corrected chi connectivity index (χ2v) is 7.25. The molecule has 0 bridgehead atoms. The van der Waals surface area contributed by atoms with E-state index in [4.69, 9.17) is 0 Å². The molecule has 0 unspecified atom stereocenters. The highest BCUT2D eigenvalue weighted by Gasteiger charge is 2.28. The molecule has 0 spiro atoms. The lowest BCUT2D eigenvalue weighted by Gasteiger charge is -2.21. The highest BCUT2D eigenvalue weighted by Crippen LogP contribution is 2.11. The maximum atomic E-state index is 12.1. The molecule has 3 N–H and O–H groups in total. The number of carbonyl (C=O) groups is 2. The smallest absolute Gasteiger partial charge is 0.240 e. The number of aryl methyl sites for hydroxylation is 1. The third-order valence-corrected chi connectivity index (χ3v) is 5.13. The van der Waals surface area contributed by atoms with Crippen molar-refractivity contribution in [3.63, 3.8) is 0 Å². The number of carbonyl (C=O) groups excluding carboxylic acids is 2. The number of hydrogen-bond donors (Lipinski definition) is 3. The van der Waals surface area contributed by atoms with Crippen molar-refractivity contribution in [3.05, 3.63) is 29.8 Å². The van der Waals surface area contributed by atoms with Crippen LogP contribution in [0.4, 0.5) is 0 Å². The lowest BCUT2D eigenvalue weighted by Crippen LogP contribution is -2.46. The first-order valence-corrected chi connectivity index (χ1v) is 9.00. The average molecular weight is 339 g/mol. The zero-order chi connectivity index (χ0) is 16.9. The van der Waals surface area contributed by atoms with Crippen molar-refractivity contribution in [2.24, 2.45) is 5.92 Å². The summed E-state index contributed by atoms with van der Waals surface area (Å²) in [5.41, 5.74) is 0.974. The van der Waals surface area contributed by atoms with Crippen molar-refractivity contribution in [2.75, 3.05) is 19.6 Å². The minimum absolute atomic E-state index is 0.0658. The summed E-state index contributed by atoms with van der Waals surface area (Å²) in [6.45, 7) is 2.67. The fourth-order valence-corrected chi connectivity index (χ4v) is 3.35. The largest absolute Gasteiger partial charge is 0.355 e. The summed E-state index contributed by atoms with van der Waals surface area (Å²) < 4.78 is 26.5. The second-order valence-electron chi connectivity index (χ2n) is 5.49. The summed E-state index contributed by atoms with van der Waals surface area (Å²) in [4.78, 5) is 23.6. The van der Waals surface area contributed by atoms with E-state index in [2.05, 4.69) is 15.4 Å². The predicted molar refractivity (Wildman–Crippen MR) is 85.1 cm³/mol. The number of amides is 2. The van der Waals surface area contributed by atoms with Crippen LogP contribution in [0.3, 0.4) is 0 Å². The topological polar surface area (TPSA) is 104 Å². The van der Waals surface area contributed by atoms with E-state index in [1.54, 1.807) is 12.1 Å². The molecule has 1 saturated heterocycles. The summed E-state index contributed by atoms with van der Waals surface area (Å²) in [5.74, 6) is -1.32. The van der Waals surface area contributed by atoms with E-state index in [0.717, 1.165) is 12.0 Å². The Kier molecular flexibility index (Phi) is 5.73. The fraction of sp³-hybridized carbons (Fsp3) is 0.467. The Morgan fingerprint density at radius 3 is 2.61 bits per heavy atom. The summed E-state index contributed by atoms with van der Waals surface area (Å²) in [7, 11) is -3.59. The van der Waals surface area contributed by atoms with Gasteiger partial charge in [-0.1, -0.05) is 17.7 Å². The molecule has 1 aliphatic heterocycles. The Morgan fingerprint density at radius 2 is 1.96 bits per heavy atom. The van der Waals surface area contributed by atoms with Crippen LogP contribution >= 0.6 is 0 Å². The van der Waals surface area contributed by atoms with Crippen molar-refractivity contribution >= 4 is 21.8 Å². The molecule has 1 fully saturated rings. The molecule has 1 aliphatic rings. The van der Waals surface area contributed by atoms with Gasteiger partial charge in [-0.2, -0.15) is 0 Å². The first-order chi connectivity index (χ1) is 10.9. The molecule has 2 amide bonds. The number of sulfonamides is 1. The van der Waals surface area contributed by atoms with Crippen LogP contribution in [-0.2, 0) is 19.6 Å². The van der Waals surface area contributed by atoms with Gasteiger partial charge in [-0.05, 0) is 31.9 Å². The SMILES string of the molecule is Cc1ccc(S(=O)(=O)NCCNC(=O)[C@H]2CCCNC2=O)cc1. The predicted octanol–water partition coefficient (Wildman–Crippen LogP) is -0.0843. The van der Waals surface area contributed by atoms with Gasteiger partial charge in [0.25, 0.3) is 0 Å². The normalized spacial score (nSPS) is 18.3. The van der Waals surface area contributed by atoms with Crippen LogP contribution in [0.2, 0.25) is 0 Å². The Bertz CT molecular complexity index is 670. The Labute approximate surface area is 135 Å². The second kappa shape index (κ2) is 7.56. The van der Waals surface area contributed by atoms with Gasteiger partial charge in [0.1, 0.15) is 5.92 Å². The van der Waals surface area contributed by atoms with Crippen LogP contribution in [-0.4, -0.2) is 39.9 Å². The quantitative estimate of drug-likeness (QED) is 0.498. The van der Waals surface area contributed by atoms with Gasteiger partial charge < -0.3 is 10.6 Å². The van der Waals surface area contributed by atoms with E-state index in [1.807, 2.05) is 6.92 Å². The monoisotopic (exact) mass is 339 g/mol. The number of rotatable bonds is 6. The zero-order valence-corrected chi connectivity index (χ0v) is 13.8. The van der Waals surface area contributed by atoms with E-state index < -0.39 is 15.9 Å². The maximum absolute atomic E-state index is 12.1. The van der Waals surface area contributed by atoms with Crippen molar-refractivity contribution in [3.8, 4) is 0 Å². The average Bonchev–Trinajstić information content (AvgIpc) is 2.52. The molecule has 1 heterocycles. The third-order valence-electron chi connectivity index (χ3n) is 3.65. The highest BCUT2D eigenvalue weighted by molar-refractivity contribution is 7.89. The van der Waals surface area contributed by atoms with Gasteiger partial charge in [-0.3, -0.25) is 9.59 Å². The van der Waals surface area contributed by atoms with Gasteiger partial charge in [0.2, 0.25) is 21.8 Å². The van der Waals surface area contributed by atoms with E-state index >= 15 is 0 Å². The van der Waals surface area contributed by atoms with Crippen LogP contribution in [0.1, 0.15) is 18.4 Å². The molecule has 0 aromatic heterocycles. The molecule has 1 aromatic carbocycles. The maximum Gasteiger partial charge on any atom is 0.240 e. The zero-order valence-electron chi connectivity index (χ0n) is 13.0. The van der Waals surface area contributed by atoms with Gasteiger partial charge in [0.15, 0.2) is 0 Å². The molecular weight excluding hydrogens is 318 g/mol. The van der Waals surface area contributed by atoms with Crippen LogP contribution in [0.15, 0.2) is 29.2 Å². The fourth-order valence-electron chi connectivity index (χ4n) is 2.32. The Morgan fingerprint density at radius 1 is 1.26 bits per heavy atom. The summed E-state index contributed by atoms with van der Waals surface area (Å²) in [6, 6.07) is 6.50. The van der Waals surface area contributed by atoms with Gasteiger partial charge in [0, 0.05) is 19.6 Å². The minimum Gasteiger partial charge on any atom is -0.355 e. The number of hydrogen-bond acceptors (Lipinski definition) is 4. The molecule has 8 heteroatoms. The standard InChI is InChI=1S/C15H21N3O4S/c1-11-4-6-12(7-5-11)23(21,22)18-10-9-17-15(20)13-3-2-8-16-14(13)19/h4-7,13,18H,2-3,8-10H2,1H3,(H,16,19)(H,17,20)/t13-/m0/s1. The van der Waals surface area contributed by atoms with E-state index in [9.17, 15) is 18.0 Å². The molecule has 1 atom stereocenters. The van der Waals surface area contributed by atoms with Gasteiger partial charge in [0.05, 0.1) is 4.90 Å². The molecule has 0 saturated carbocycles. The molecule has 126 valence electrons. The van der Waals surface area contributed by atoms with Crippen molar-refractivity contribution < 1.29 is 18.0 Å². The first-order valence-electron chi connectivity index (χ1n) is 7.52. The first kappa shape index (κ1) is 17.4. The van der Waals surface area contributed by atoms with E-state index in [-0.39, 0.29) is 29.8 Å². The highest BCUT2D eigenvalue weighted by atomic mass is 32.2. The Balaban J connectivity index is 1.79.